The van der Waals surface area contributed by atoms with Crippen molar-refractivity contribution in [2.45, 2.75) is 37.1 Å². The second kappa shape index (κ2) is 2.60. The Bertz CT molecular complexity index is 408. The van der Waals surface area contributed by atoms with Gasteiger partial charge < -0.3 is 0 Å². The van der Waals surface area contributed by atoms with E-state index in [2.05, 4.69) is 11.5 Å². The lowest BCUT2D eigenvalue weighted by atomic mass is 9.37. The van der Waals surface area contributed by atoms with Crippen molar-refractivity contribution >= 4 is 0 Å². The second-order valence-corrected chi connectivity index (χ2v) is 5.20. The van der Waals surface area contributed by atoms with E-state index in [1.165, 1.54) is 0 Å². The first-order chi connectivity index (χ1) is 7.09. The molecule has 80 valence electrons. The number of nitrogens with one attached hydrogen (secondary N) is 1. The first-order valence-corrected chi connectivity index (χ1v) is 5.34. The average Bonchev–Trinajstić information content (AvgIpc) is 2.07. The largest absolute Gasteiger partial charge is 0.271 e. The Morgan fingerprint density at radius 1 is 1.33 bits per heavy atom. The topological polar surface area (TPSA) is 38.0 Å². The lowest BCUT2D eigenvalue weighted by molar-refractivity contribution is -0.0884. The van der Waals surface area contributed by atoms with Crippen LogP contribution in [0.25, 0.3) is 0 Å². The predicted octanol–water partition coefficient (Wildman–Crippen LogP) is 1.77. The van der Waals surface area contributed by atoms with Crippen molar-refractivity contribution in [1.82, 2.24) is 5.43 Å². The van der Waals surface area contributed by atoms with Crippen molar-refractivity contribution in [3.63, 3.8) is 0 Å². The number of hydrazine groups is 1. The van der Waals surface area contributed by atoms with E-state index >= 15 is 0 Å². The zero-order valence-corrected chi connectivity index (χ0v) is 8.81. The lowest BCUT2D eigenvalue weighted by Gasteiger charge is -2.70. The summed E-state index contributed by atoms with van der Waals surface area (Å²) in [5, 5.41) is 0. The van der Waals surface area contributed by atoms with Crippen LogP contribution >= 0.6 is 0 Å². The third kappa shape index (κ3) is 1.05. The minimum absolute atomic E-state index is 0.0908. The Morgan fingerprint density at radius 2 is 2.00 bits per heavy atom. The average molecular weight is 206 g/mol. The minimum atomic E-state index is -0.0908. The summed E-state index contributed by atoms with van der Waals surface area (Å²) in [6.45, 7) is 1.80. The summed E-state index contributed by atoms with van der Waals surface area (Å²) in [7, 11) is 0. The van der Waals surface area contributed by atoms with E-state index < -0.39 is 0 Å². The van der Waals surface area contributed by atoms with E-state index in [0.717, 1.165) is 30.4 Å². The van der Waals surface area contributed by atoms with Crippen molar-refractivity contribution in [1.29, 1.82) is 0 Å². The van der Waals surface area contributed by atoms with Gasteiger partial charge in [0.2, 0.25) is 0 Å². The minimum Gasteiger partial charge on any atom is -0.271 e. The maximum absolute atomic E-state index is 13.4. The molecule has 3 N–H and O–H groups in total. The fraction of sp³-hybridized carbons (Fsp3) is 0.500. The lowest BCUT2D eigenvalue weighted by Crippen LogP contribution is -2.77. The number of hydrogen-bond acceptors (Lipinski definition) is 2. The fourth-order valence-electron chi connectivity index (χ4n) is 3.17. The third-order valence-electron chi connectivity index (χ3n) is 4.12. The monoisotopic (exact) mass is 206 g/mol. The van der Waals surface area contributed by atoms with Gasteiger partial charge in [0.1, 0.15) is 5.82 Å². The molecule has 0 saturated heterocycles. The number of nitrogens with two attached hydrogens (primary N) is 1. The van der Waals surface area contributed by atoms with Gasteiger partial charge >= 0.3 is 0 Å². The molecular formula is C12H15FN2. The van der Waals surface area contributed by atoms with Crippen LogP contribution in [0.4, 0.5) is 4.39 Å². The molecule has 0 atom stereocenters. The molecule has 3 aliphatic carbocycles. The van der Waals surface area contributed by atoms with Crippen LogP contribution in [0.1, 0.15) is 30.4 Å². The summed E-state index contributed by atoms with van der Waals surface area (Å²) < 4.78 is 13.4. The molecule has 0 radical (unpaired) electrons. The van der Waals surface area contributed by atoms with Gasteiger partial charge in [-0.25, -0.2) is 4.39 Å². The molecule has 0 aromatic heterocycles. The molecule has 15 heavy (non-hydrogen) atoms. The van der Waals surface area contributed by atoms with Crippen molar-refractivity contribution < 1.29 is 4.39 Å². The summed E-state index contributed by atoms with van der Waals surface area (Å²) in [5.41, 5.74) is 5.12. The van der Waals surface area contributed by atoms with Gasteiger partial charge in [0.15, 0.2) is 0 Å². The standard InChI is InChI=1S/C12H15FN2/c1-8-2-3-9(4-10(8)13)11-5-12(6-11,7-11)15-14/h2-4,15H,5-7,14H2,1H3. The first-order valence-electron chi connectivity index (χ1n) is 5.34. The van der Waals surface area contributed by atoms with E-state index in [0.29, 0.717) is 0 Å². The predicted molar refractivity (Wildman–Crippen MR) is 56.7 cm³/mol. The molecule has 3 heteroatoms. The molecular weight excluding hydrogens is 191 g/mol. The molecule has 0 amide bonds. The van der Waals surface area contributed by atoms with Gasteiger partial charge in [-0.3, -0.25) is 11.3 Å². The Hall–Kier alpha value is -0.930. The number of benzene rings is 1. The van der Waals surface area contributed by atoms with Gasteiger partial charge in [0.05, 0.1) is 0 Å². The number of hydrogen-bond donors (Lipinski definition) is 2. The Kier molecular flexibility index (Phi) is 1.61. The molecule has 0 unspecified atom stereocenters. The van der Waals surface area contributed by atoms with Gasteiger partial charge in [0, 0.05) is 11.0 Å². The maximum atomic E-state index is 13.4. The highest BCUT2D eigenvalue weighted by Gasteiger charge is 2.68. The van der Waals surface area contributed by atoms with Crippen molar-refractivity contribution in [2.75, 3.05) is 0 Å². The zero-order chi connectivity index (χ0) is 10.7. The fourth-order valence-corrected chi connectivity index (χ4v) is 3.17. The molecule has 3 fully saturated rings. The summed E-state index contributed by atoms with van der Waals surface area (Å²) in [6, 6.07) is 5.61. The molecule has 1 aromatic carbocycles. The molecule has 2 nitrogen and oxygen atoms in total. The number of halogens is 1. The molecule has 3 saturated carbocycles. The van der Waals surface area contributed by atoms with Crippen LogP contribution in [0.2, 0.25) is 0 Å². The molecule has 2 bridgehead atoms. The van der Waals surface area contributed by atoms with Crippen LogP contribution in [-0.2, 0) is 5.41 Å². The zero-order valence-electron chi connectivity index (χ0n) is 8.81. The first kappa shape index (κ1) is 9.31. The molecule has 0 spiro atoms. The molecule has 1 aromatic rings. The van der Waals surface area contributed by atoms with E-state index in [1.807, 2.05) is 6.07 Å². The smallest absolute Gasteiger partial charge is 0.126 e. The SMILES string of the molecule is Cc1ccc(C23CC(NN)(C2)C3)cc1F. The Labute approximate surface area is 88.6 Å². The van der Waals surface area contributed by atoms with Crippen LogP contribution in [0, 0.1) is 12.7 Å². The third-order valence-corrected chi connectivity index (χ3v) is 4.12. The Balaban J connectivity index is 1.88. The van der Waals surface area contributed by atoms with Crippen molar-refractivity contribution in [3.05, 3.63) is 35.1 Å². The van der Waals surface area contributed by atoms with E-state index in [4.69, 9.17) is 5.84 Å². The molecule has 3 aliphatic rings. The number of rotatable bonds is 2. The second-order valence-electron chi connectivity index (χ2n) is 5.20. The summed E-state index contributed by atoms with van der Waals surface area (Å²) in [4.78, 5) is 0. The van der Waals surface area contributed by atoms with Crippen LogP contribution in [-0.4, -0.2) is 5.54 Å². The van der Waals surface area contributed by atoms with Crippen molar-refractivity contribution in [2.24, 2.45) is 5.84 Å². The van der Waals surface area contributed by atoms with Crippen LogP contribution in [0.5, 0.6) is 0 Å². The van der Waals surface area contributed by atoms with Gasteiger partial charge in [-0.15, -0.1) is 0 Å². The summed E-state index contributed by atoms with van der Waals surface area (Å²) in [6.07, 6.45) is 3.16. The van der Waals surface area contributed by atoms with Gasteiger partial charge in [-0.2, -0.15) is 0 Å². The number of aryl methyl sites for hydroxylation is 1. The molecule has 0 heterocycles. The van der Waals surface area contributed by atoms with E-state index in [1.54, 1.807) is 13.0 Å². The van der Waals surface area contributed by atoms with E-state index in [9.17, 15) is 4.39 Å². The maximum Gasteiger partial charge on any atom is 0.126 e. The van der Waals surface area contributed by atoms with Gasteiger partial charge in [0.25, 0.3) is 0 Å². The van der Waals surface area contributed by atoms with Crippen LogP contribution < -0.4 is 11.3 Å². The van der Waals surface area contributed by atoms with Crippen LogP contribution in [0.15, 0.2) is 18.2 Å². The highest BCUT2D eigenvalue weighted by Crippen LogP contribution is 2.67. The van der Waals surface area contributed by atoms with Gasteiger partial charge in [-0.1, -0.05) is 12.1 Å². The quantitative estimate of drug-likeness (QED) is 0.571. The highest BCUT2D eigenvalue weighted by atomic mass is 19.1. The molecule has 4 rings (SSSR count). The summed E-state index contributed by atoms with van der Waals surface area (Å²) >= 11 is 0. The molecule has 0 aliphatic heterocycles. The van der Waals surface area contributed by atoms with Gasteiger partial charge in [-0.05, 0) is 43.4 Å². The van der Waals surface area contributed by atoms with Crippen LogP contribution in [0.3, 0.4) is 0 Å². The highest BCUT2D eigenvalue weighted by molar-refractivity contribution is 5.42. The van der Waals surface area contributed by atoms with Crippen molar-refractivity contribution in [3.8, 4) is 0 Å². The van der Waals surface area contributed by atoms with E-state index in [-0.39, 0.29) is 16.8 Å². The summed E-state index contributed by atoms with van der Waals surface area (Å²) in [5.74, 6) is 5.38. The Morgan fingerprint density at radius 3 is 2.53 bits per heavy atom. The normalized spacial score (nSPS) is 37.0.